The Morgan fingerprint density at radius 1 is 1.47 bits per heavy atom. The van der Waals surface area contributed by atoms with Crippen LogP contribution in [-0.4, -0.2) is 13.7 Å². The van der Waals surface area contributed by atoms with Crippen LogP contribution in [0.25, 0.3) is 0 Å². The van der Waals surface area contributed by atoms with E-state index in [1.807, 2.05) is 0 Å². The van der Waals surface area contributed by atoms with Crippen molar-refractivity contribution in [3.8, 4) is 5.75 Å². The summed E-state index contributed by atoms with van der Waals surface area (Å²) in [7, 11) is 1.36. The summed E-state index contributed by atoms with van der Waals surface area (Å²) in [5.41, 5.74) is 3.28. The highest BCUT2D eigenvalue weighted by Crippen LogP contribution is 2.30. The minimum Gasteiger partial charge on any atom is -0.489 e. The second-order valence-corrected chi connectivity index (χ2v) is 3.60. The molecule has 1 N–H and O–H groups in total. The molecule has 1 rings (SSSR count). The molecule has 0 radical (unpaired) electrons. The molecule has 0 saturated heterocycles. The third-order valence-corrected chi connectivity index (χ3v) is 1.96. The molecule has 1 aromatic rings. The van der Waals surface area contributed by atoms with Crippen LogP contribution >= 0.6 is 0 Å². The average molecular weight is 243 g/mol. The van der Waals surface area contributed by atoms with Crippen molar-refractivity contribution in [3.05, 3.63) is 35.9 Å². The molecule has 17 heavy (non-hydrogen) atoms. The van der Waals surface area contributed by atoms with Crippen LogP contribution in [0.5, 0.6) is 5.75 Å². The maximum atomic E-state index is 12.8. The molecule has 0 aliphatic carbocycles. The Morgan fingerprint density at radius 2 is 2.18 bits per heavy atom. The maximum absolute atomic E-state index is 12.8. The van der Waals surface area contributed by atoms with Crippen molar-refractivity contribution in [2.24, 2.45) is 0 Å². The van der Waals surface area contributed by atoms with E-state index >= 15 is 0 Å². The second-order valence-electron chi connectivity index (χ2n) is 3.60. The summed E-state index contributed by atoms with van der Waals surface area (Å²) in [5.74, 6) is 0.380. The van der Waals surface area contributed by atoms with E-state index in [-0.39, 0.29) is 11.3 Å². The number of anilines is 1. The highest BCUT2D eigenvalue weighted by atomic mass is 19.3. The largest absolute Gasteiger partial charge is 0.489 e. The monoisotopic (exact) mass is 243 g/mol. The van der Waals surface area contributed by atoms with Crippen molar-refractivity contribution in [2.45, 2.75) is 13.3 Å². The standard InChI is InChI=1S/C12H15F2NO2/c1-8(2)7-17-9-4-5-11(15-16-3)10(6-9)12(13)14/h4-6,12,15H,1,7H2,2-3H3. The Labute approximate surface area is 99.0 Å². The van der Waals surface area contributed by atoms with Gasteiger partial charge in [-0.05, 0) is 30.7 Å². The van der Waals surface area contributed by atoms with Crippen molar-refractivity contribution < 1.29 is 18.4 Å². The lowest BCUT2D eigenvalue weighted by Gasteiger charge is -2.12. The Hall–Kier alpha value is -1.62. The van der Waals surface area contributed by atoms with Gasteiger partial charge in [-0.25, -0.2) is 8.78 Å². The number of nitrogens with one attached hydrogen (secondary N) is 1. The zero-order valence-corrected chi connectivity index (χ0v) is 9.80. The van der Waals surface area contributed by atoms with E-state index in [4.69, 9.17) is 4.74 Å². The van der Waals surface area contributed by atoms with Gasteiger partial charge in [0, 0.05) is 5.56 Å². The van der Waals surface area contributed by atoms with E-state index in [0.29, 0.717) is 12.4 Å². The first-order valence-corrected chi connectivity index (χ1v) is 5.03. The molecule has 0 amide bonds. The van der Waals surface area contributed by atoms with Gasteiger partial charge in [0.05, 0.1) is 12.8 Å². The number of halogens is 2. The SMILES string of the molecule is C=C(C)COc1ccc(NOC)c(C(F)F)c1. The van der Waals surface area contributed by atoms with Gasteiger partial charge < -0.3 is 4.74 Å². The average Bonchev–Trinajstić information content (AvgIpc) is 2.27. The first-order valence-electron chi connectivity index (χ1n) is 5.03. The third kappa shape index (κ3) is 4.03. The Morgan fingerprint density at radius 3 is 2.71 bits per heavy atom. The molecule has 0 aliphatic rings. The number of hydrogen-bond acceptors (Lipinski definition) is 3. The highest BCUT2D eigenvalue weighted by Gasteiger charge is 2.14. The van der Waals surface area contributed by atoms with Gasteiger partial charge in [0.25, 0.3) is 6.43 Å². The summed E-state index contributed by atoms with van der Waals surface area (Å²) in [6.45, 7) is 5.77. The molecular weight excluding hydrogens is 228 g/mol. The summed E-state index contributed by atoms with van der Waals surface area (Å²) >= 11 is 0. The molecule has 0 aromatic heterocycles. The van der Waals surface area contributed by atoms with E-state index in [0.717, 1.165) is 5.57 Å². The number of rotatable bonds is 6. The molecule has 0 unspecified atom stereocenters. The van der Waals surface area contributed by atoms with Crippen molar-refractivity contribution in [1.82, 2.24) is 0 Å². The number of benzene rings is 1. The predicted molar refractivity (Wildman–Crippen MR) is 62.3 cm³/mol. The normalized spacial score (nSPS) is 10.4. The number of alkyl halides is 2. The minimum absolute atomic E-state index is 0.161. The lowest BCUT2D eigenvalue weighted by molar-refractivity contribution is 0.150. The Balaban J connectivity index is 2.88. The summed E-state index contributed by atoms with van der Waals surface area (Å²) < 4.78 is 30.8. The molecule has 0 bridgehead atoms. The van der Waals surface area contributed by atoms with Crippen LogP contribution in [0.2, 0.25) is 0 Å². The fourth-order valence-electron chi connectivity index (χ4n) is 1.22. The molecule has 94 valence electrons. The fourth-order valence-corrected chi connectivity index (χ4v) is 1.22. The molecule has 1 aromatic carbocycles. The molecule has 0 saturated carbocycles. The molecule has 0 fully saturated rings. The quantitative estimate of drug-likeness (QED) is 0.612. The van der Waals surface area contributed by atoms with Crippen molar-refractivity contribution >= 4 is 5.69 Å². The molecule has 0 atom stereocenters. The van der Waals surface area contributed by atoms with Crippen LogP contribution in [0.3, 0.4) is 0 Å². The van der Waals surface area contributed by atoms with E-state index in [9.17, 15) is 8.78 Å². The predicted octanol–water partition coefficient (Wildman–Crippen LogP) is 3.55. The van der Waals surface area contributed by atoms with Crippen LogP contribution in [-0.2, 0) is 4.84 Å². The molecule has 0 aliphatic heterocycles. The van der Waals surface area contributed by atoms with E-state index < -0.39 is 6.43 Å². The topological polar surface area (TPSA) is 30.5 Å². The van der Waals surface area contributed by atoms with Gasteiger partial charge in [-0.1, -0.05) is 6.58 Å². The van der Waals surface area contributed by atoms with Gasteiger partial charge in [-0.2, -0.15) is 0 Å². The second kappa shape index (κ2) is 6.20. The first-order chi connectivity index (χ1) is 8.04. The zero-order chi connectivity index (χ0) is 12.8. The van der Waals surface area contributed by atoms with E-state index in [1.54, 1.807) is 13.0 Å². The number of hydrogen-bond donors (Lipinski definition) is 1. The van der Waals surface area contributed by atoms with Crippen LogP contribution < -0.4 is 10.2 Å². The zero-order valence-electron chi connectivity index (χ0n) is 9.80. The van der Waals surface area contributed by atoms with Gasteiger partial charge in [-0.3, -0.25) is 10.3 Å². The molecule has 5 heteroatoms. The maximum Gasteiger partial charge on any atom is 0.266 e. The lowest BCUT2D eigenvalue weighted by Crippen LogP contribution is -2.02. The molecular formula is C12H15F2NO2. The Kier molecular flexibility index (Phi) is 4.90. The highest BCUT2D eigenvalue weighted by molar-refractivity contribution is 5.53. The van der Waals surface area contributed by atoms with Crippen LogP contribution in [0.4, 0.5) is 14.5 Å². The third-order valence-electron chi connectivity index (χ3n) is 1.96. The summed E-state index contributed by atoms with van der Waals surface area (Å²) in [4.78, 5) is 4.62. The van der Waals surface area contributed by atoms with Crippen molar-refractivity contribution in [1.29, 1.82) is 0 Å². The minimum atomic E-state index is -2.60. The Bertz CT molecular complexity index is 394. The smallest absolute Gasteiger partial charge is 0.266 e. The van der Waals surface area contributed by atoms with Crippen molar-refractivity contribution in [3.63, 3.8) is 0 Å². The first kappa shape index (κ1) is 13.4. The van der Waals surface area contributed by atoms with E-state index in [2.05, 4.69) is 16.9 Å². The van der Waals surface area contributed by atoms with Gasteiger partial charge in [-0.15, -0.1) is 0 Å². The fraction of sp³-hybridized carbons (Fsp3) is 0.333. The molecule has 3 nitrogen and oxygen atoms in total. The molecule has 0 heterocycles. The van der Waals surface area contributed by atoms with Crippen LogP contribution in [0.15, 0.2) is 30.4 Å². The van der Waals surface area contributed by atoms with Gasteiger partial charge in [0.2, 0.25) is 0 Å². The van der Waals surface area contributed by atoms with Crippen LogP contribution in [0, 0.1) is 0 Å². The summed E-state index contributed by atoms with van der Waals surface area (Å²) in [5, 5.41) is 0. The van der Waals surface area contributed by atoms with E-state index in [1.165, 1.54) is 19.2 Å². The molecule has 0 spiro atoms. The lowest BCUT2D eigenvalue weighted by atomic mass is 10.2. The van der Waals surface area contributed by atoms with Gasteiger partial charge >= 0.3 is 0 Å². The van der Waals surface area contributed by atoms with Gasteiger partial charge in [0.15, 0.2) is 0 Å². The summed E-state index contributed by atoms with van der Waals surface area (Å²) in [6, 6.07) is 4.36. The van der Waals surface area contributed by atoms with Crippen molar-refractivity contribution in [2.75, 3.05) is 19.2 Å². The van der Waals surface area contributed by atoms with Crippen LogP contribution in [0.1, 0.15) is 18.9 Å². The number of ether oxygens (including phenoxy) is 1. The summed E-state index contributed by atoms with van der Waals surface area (Å²) in [6.07, 6.45) is -2.60. The van der Waals surface area contributed by atoms with Gasteiger partial charge in [0.1, 0.15) is 12.4 Å².